The van der Waals surface area contributed by atoms with Crippen molar-refractivity contribution in [2.24, 2.45) is 5.92 Å². The first-order chi connectivity index (χ1) is 13.5. The lowest BCUT2D eigenvalue weighted by Crippen LogP contribution is -2.15. The summed E-state index contributed by atoms with van der Waals surface area (Å²) >= 11 is 0. The van der Waals surface area contributed by atoms with Crippen molar-refractivity contribution < 1.29 is 27.2 Å². The molecule has 0 amide bonds. The fourth-order valence-corrected chi connectivity index (χ4v) is 3.17. The van der Waals surface area contributed by atoms with Crippen LogP contribution >= 0.6 is 0 Å². The Kier molecular flexibility index (Phi) is 4.85. The van der Waals surface area contributed by atoms with E-state index in [0.717, 1.165) is 18.6 Å². The molecule has 11 heteroatoms. The quantitative estimate of drug-likeness (QED) is 0.656. The van der Waals surface area contributed by atoms with E-state index in [9.17, 15) is 13.2 Å². The van der Waals surface area contributed by atoms with Gasteiger partial charge in [-0.2, -0.15) is 23.3 Å². The number of nitrogens with zero attached hydrogens (tertiary/aromatic N) is 5. The van der Waals surface area contributed by atoms with E-state index in [1.807, 2.05) is 0 Å². The van der Waals surface area contributed by atoms with Crippen LogP contribution in [0, 0.1) is 5.92 Å². The molecule has 1 aromatic carbocycles. The minimum Gasteiger partial charge on any atom is -0.381 e. The number of rotatable bonds is 5. The zero-order chi connectivity index (χ0) is 19.7. The summed E-state index contributed by atoms with van der Waals surface area (Å²) in [4.78, 5) is 8.14. The van der Waals surface area contributed by atoms with Gasteiger partial charge in [0.1, 0.15) is 18.8 Å². The number of alkyl halides is 3. The van der Waals surface area contributed by atoms with Gasteiger partial charge in [-0.25, -0.2) is 9.67 Å². The van der Waals surface area contributed by atoms with Crippen molar-refractivity contribution >= 4 is 0 Å². The molecular weight excluding hydrogens is 379 g/mol. The van der Waals surface area contributed by atoms with Crippen molar-refractivity contribution in [1.29, 1.82) is 0 Å². The lowest BCUT2D eigenvalue weighted by atomic mass is 10.0. The van der Waals surface area contributed by atoms with Gasteiger partial charge in [0.2, 0.25) is 5.82 Å². The van der Waals surface area contributed by atoms with Gasteiger partial charge in [-0.3, -0.25) is 0 Å². The third kappa shape index (κ3) is 3.50. The number of hydrogen-bond acceptors (Lipinski definition) is 7. The van der Waals surface area contributed by atoms with Crippen molar-refractivity contribution in [2.75, 3.05) is 20.3 Å². The van der Waals surface area contributed by atoms with Gasteiger partial charge in [-0.1, -0.05) is 5.16 Å². The highest BCUT2D eigenvalue weighted by Crippen LogP contribution is 2.36. The molecule has 0 spiro atoms. The van der Waals surface area contributed by atoms with Crippen LogP contribution in [0.2, 0.25) is 0 Å². The Morgan fingerprint density at radius 2 is 2.18 bits per heavy atom. The SMILES string of the molecule is COC(c1nc(-c2cc(C(F)(F)F)ccc2-n2cncn2)no1)C1CCOC1. The average Bonchev–Trinajstić information content (AvgIpc) is 3.44. The second-order valence-electron chi connectivity index (χ2n) is 6.31. The monoisotopic (exact) mass is 395 g/mol. The molecule has 2 aromatic heterocycles. The zero-order valence-corrected chi connectivity index (χ0v) is 14.8. The Morgan fingerprint density at radius 3 is 2.82 bits per heavy atom. The third-order valence-corrected chi connectivity index (χ3v) is 4.56. The molecule has 1 aliphatic heterocycles. The third-order valence-electron chi connectivity index (χ3n) is 4.56. The second-order valence-corrected chi connectivity index (χ2v) is 6.31. The average molecular weight is 395 g/mol. The van der Waals surface area contributed by atoms with Crippen molar-refractivity contribution in [3.8, 4) is 17.1 Å². The number of aromatic nitrogens is 5. The second kappa shape index (κ2) is 7.32. The van der Waals surface area contributed by atoms with E-state index in [2.05, 4.69) is 20.2 Å². The predicted octanol–water partition coefficient (Wildman–Crippen LogP) is 3.06. The molecule has 28 heavy (non-hydrogen) atoms. The zero-order valence-electron chi connectivity index (χ0n) is 14.8. The summed E-state index contributed by atoms with van der Waals surface area (Å²) < 4.78 is 57.1. The van der Waals surface area contributed by atoms with Crippen LogP contribution in [0.1, 0.15) is 24.0 Å². The minimum absolute atomic E-state index is 0.00700. The van der Waals surface area contributed by atoms with Gasteiger partial charge < -0.3 is 14.0 Å². The van der Waals surface area contributed by atoms with Crippen molar-refractivity contribution in [1.82, 2.24) is 24.9 Å². The Labute approximate surface area is 157 Å². The summed E-state index contributed by atoms with van der Waals surface area (Å²) in [5, 5.41) is 7.87. The number of hydrogen-bond donors (Lipinski definition) is 0. The van der Waals surface area contributed by atoms with Crippen LogP contribution in [0.15, 0.2) is 35.4 Å². The molecule has 8 nitrogen and oxygen atoms in total. The van der Waals surface area contributed by atoms with E-state index in [1.54, 1.807) is 0 Å². The van der Waals surface area contributed by atoms with Gasteiger partial charge in [0.05, 0.1) is 17.9 Å². The predicted molar refractivity (Wildman–Crippen MR) is 88.3 cm³/mol. The van der Waals surface area contributed by atoms with Gasteiger partial charge in [0.25, 0.3) is 5.89 Å². The maximum Gasteiger partial charge on any atom is 0.416 e. The summed E-state index contributed by atoms with van der Waals surface area (Å²) in [6.07, 6.45) is -1.59. The first-order valence-electron chi connectivity index (χ1n) is 8.48. The first kappa shape index (κ1) is 18.6. The van der Waals surface area contributed by atoms with E-state index in [0.29, 0.717) is 18.9 Å². The van der Waals surface area contributed by atoms with E-state index >= 15 is 0 Å². The van der Waals surface area contributed by atoms with Gasteiger partial charge in [-0.15, -0.1) is 0 Å². The number of ether oxygens (including phenoxy) is 2. The Hall–Kier alpha value is -2.79. The molecule has 2 atom stereocenters. The molecule has 3 aromatic rings. The van der Waals surface area contributed by atoms with Crippen LogP contribution in [0.5, 0.6) is 0 Å². The minimum atomic E-state index is -4.52. The molecule has 4 rings (SSSR count). The molecule has 0 radical (unpaired) electrons. The first-order valence-corrected chi connectivity index (χ1v) is 8.48. The topological polar surface area (TPSA) is 88.1 Å². The van der Waals surface area contributed by atoms with Gasteiger partial charge >= 0.3 is 6.18 Å². The fourth-order valence-electron chi connectivity index (χ4n) is 3.17. The summed E-state index contributed by atoms with van der Waals surface area (Å²) in [6, 6.07) is 3.23. The molecule has 0 saturated carbocycles. The lowest BCUT2D eigenvalue weighted by Gasteiger charge is -2.16. The molecular formula is C17H16F3N5O3. The van der Waals surface area contributed by atoms with Gasteiger partial charge in [0, 0.05) is 25.2 Å². The molecule has 2 unspecified atom stereocenters. The van der Waals surface area contributed by atoms with Crippen LogP contribution < -0.4 is 0 Å². The number of methoxy groups -OCH3 is 1. The highest BCUT2D eigenvalue weighted by atomic mass is 19.4. The lowest BCUT2D eigenvalue weighted by molar-refractivity contribution is -0.137. The van der Waals surface area contributed by atoms with Crippen molar-refractivity contribution in [2.45, 2.75) is 18.7 Å². The van der Waals surface area contributed by atoms with Crippen molar-refractivity contribution in [3.63, 3.8) is 0 Å². The summed E-state index contributed by atoms with van der Waals surface area (Å²) in [6.45, 7) is 1.10. The largest absolute Gasteiger partial charge is 0.416 e. The van der Waals surface area contributed by atoms with Gasteiger partial charge in [-0.05, 0) is 24.6 Å². The van der Waals surface area contributed by atoms with Crippen molar-refractivity contribution in [3.05, 3.63) is 42.3 Å². The molecule has 1 saturated heterocycles. The normalized spacial score (nSPS) is 18.5. The molecule has 1 aliphatic rings. The highest BCUT2D eigenvalue weighted by Gasteiger charge is 2.34. The van der Waals surface area contributed by atoms with Crippen LogP contribution in [0.25, 0.3) is 17.1 Å². The standard InChI is InChI=1S/C17H16F3N5O3/c1-26-14(10-4-5-27-7-10)16-23-15(24-28-16)12-6-11(17(18,19)20)2-3-13(12)25-9-21-8-22-25/h2-3,6,8-10,14H,4-5,7H2,1H3. The fraction of sp³-hybridized carbons (Fsp3) is 0.412. The Bertz CT molecular complexity index is 936. The summed E-state index contributed by atoms with van der Waals surface area (Å²) in [7, 11) is 1.51. The van der Waals surface area contributed by atoms with Crippen LogP contribution in [0.4, 0.5) is 13.2 Å². The van der Waals surface area contributed by atoms with Crippen LogP contribution in [-0.2, 0) is 15.7 Å². The molecule has 148 valence electrons. The maximum absolute atomic E-state index is 13.2. The van der Waals surface area contributed by atoms with E-state index in [1.165, 1.54) is 30.5 Å². The Balaban J connectivity index is 1.76. The molecule has 0 bridgehead atoms. The molecule has 3 heterocycles. The summed E-state index contributed by atoms with van der Waals surface area (Å²) in [5.41, 5.74) is -0.367. The molecule has 0 aliphatic carbocycles. The van der Waals surface area contributed by atoms with E-state index in [4.69, 9.17) is 14.0 Å². The molecule has 0 N–H and O–H groups in total. The number of benzene rings is 1. The van der Waals surface area contributed by atoms with E-state index in [-0.39, 0.29) is 23.2 Å². The smallest absolute Gasteiger partial charge is 0.381 e. The summed E-state index contributed by atoms with van der Waals surface area (Å²) in [5.74, 6) is 0.233. The van der Waals surface area contributed by atoms with Crippen LogP contribution in [-0.4, -0.2) is 45.2 Å². The Morgan fingerprint density at radius 1 is 1.32 bits per heavy atom. The van der Waals surface area contributed by atoms with E-state index < -0.39 is 17.8 Å². The maximum atomic E-state index is 13.2. The van der Waals surface area contributed by atoms with Crippen LogP contribution in [0.3, 0.4) is 0 Å². The molecule has 1 fully saturated rings. The van der Waals surface area contributed by atoms with Gasteiger partial charge in [0.15, 0.2) is 0 Å². The number of halogens is 3. The highest BCUT2D eigenvalue weighted by molar-refractivity contribution is 5.68.